The van der Waals surface area contributed by atoms with Crippen molar-refractivity contribution < 1.29 is 8.78 Å². The van der Waals surface area contributed by atoms with Crippen LogP contribution >= 0.6 is 0 Å². The van der Waals surface area contributed by atoms with Crippen LogP contribution in [0.4, 0.5) is 8.78 Å². The van der Waals surface area contributed by atoms with Crippen LogP contribution < -0.4 is 5.32 Å². The van der Waals surface area contributed by atoms with Crippen molar-refractivity contribution in [1.29, 1.82) is 0 Å². The summed E-state index contributed by atoms with van der Waals surface area (Å²) in [6.45, 7) is 0.494. The van der Waals surface area contributed by atoms with Gasteiger partial charge in [-0.25, -0.2) is 8.78 Å². The number of rotatable bonds is 3. The lowest BCUT2D eigenvalue weighted by molar-refractivity contribution is 0.513. The predicted molar refractivity (Wildman–Crippen MR) is 70.7 cm³/mol. The highest BCUT2D eigenvalue weighted by Crippen LogP contribution is 2.31. The second-order valence-electron chi connectivity index (χ2n) is 4.91. The summed E-state index contributed by atoms with van der Waals surface area (Å²) < 4.78 is 26.6. The molecule has 0 fully saturated rings. The lowest BCUT2D eigenvalue weighted by Crippen LogP contribution is -2.19. The Bertz CT molecular complexity index is 595. The maximum Gasteiger partial charge on any atom is 0.127 e. The molecule has 0 heterocycles. The Morgan fingerprint density at radius 2 is 1.95 bits per heavy atom. The standard InChI is InChI=1S/C16H15F2N/c17-13-6-7-14-11(9-13)5-8-16(14)19-10-12-3-1-2-4-15(12)18/h1-4,6-7,9,16,19H,5,8,10H2. The van der Waals surface area contributed by atoms with Crippen molar-refractivity contribution in [3.63, 3.8) is 0 Å². The van der Waals surface area contributed by atoms with E-state index >= 15 is 0 Å². The normalized spacial score (nSPS) is 17.5. The molecule has 0 radical (unpaired) electrons. The molecule has 2 aromatic rings. The first-order valence-corrected chi connectivity index (χ1v) is 6.49. The molecule has 1 N–H and O–H groups in total. The van der Waals surface area contributed by atoms with Gasteiger partial charge in [0.25, 0.3) is 0 Å². The number of benzene rings is 2. The number of fused-ring (bicyclic) bond motifs is 1. The van der Waals surface area contributed by atoms with Gasteiger partial charge in [0.1, 0.15) is 11.6 Å². The van der Waals surface area contributed by atoms with Crippen LogP contribution in [0.15, 0.2) is 42.5 Å². The monoisotopic (exact) mass is 259 g/mol. The van der Waals surface area contributed by atoms with Crippen molar-refractivity contribution in [2.75, 3.05) is 0 Å². The van der Waals surface area contributed by atoms with Crippen LogP contribution in [-0.2, 0) is 13.0 Å². The first-order valence-electron chi connectivity index (χ1n) is 6.49. The molecular formula is C16H15F2N. The number of halogens is 2. The summed E-state index contributed by atoms with van der Waals surface area (Å²) in [4.78, 5) is 0. The van der Waals surface area contributed by atoms with Gasteiger partial charge in [0.2, 0.25) is 0 Å². The molecule has 1 unspecified atom stereocenters. The Morgan fingerprint density at radius 1 is 1.11 bits per heavy atom. The smallest absolute Gasteiger partial charge is 0.127 e. The van der Waals surface area contributed by atoms with Crippen LogP contribution in [0, 0.1) is 11.6 Å². The third kappa shape index (κ3) is 2.51. The molecule has 0 aliphatic heterocycles. The average Bonchev–Trinajstić information content (AvgIpc) is 2.80. The fourth-order valence-electron chi connectivity index (χ4n) is 2.67. The molecular weight excluding hydrogens is 244 g/mol. The topological polar surface area (TPSA) is 12.0 Å². The van der Waals surface area contributed by atoms with Gasteiger partial charge >= 0.3 is 0 Å². The van der Waals surface area contributed by atoms with E-state index in [1.54, 1.807) is 18.2 Å². The van der Waals surface area contributed by atoms with Crippen molar-refractivity contribution >= 4 is 0 Å². The van der Waals surface area contributed by atoms with Crippen LogP contribution in [0.2, 0.25) is 0 Å². The molecule has 0 spiro atoms. The van der Waals surface area contributed by atoms with Crippen LogP contribution in [-0.4, -0.2) is 0 Å². The third-order valence-electron chi connectivity index (χ3n) is 3.68. The summed E-state index contributed by atoms with van der Waals surface area (Å²) in [5.74, 6) is -0.374. The van der Waals surface area contributed by atoms with Gasteiger partial charge in [0.05, 0.1) is 0 Å². The minimum atomic E-state index is -0.188. The van der Waals surface area contributed by atoms with Crippen LogP contribution in [0.3, 0.4) is 0 Å². The van der Waals surface area contributed by atoms with Gasteiger partial charge in [0.15, 0.2) is 0 Å². The lowest BCUT2D eigenvalue weighted by atomic mass is 10.1. The number of hydrogen-bond donors (Lipinski definition) is 1. The summed E-state index contributed by atoms with van der Waals surface area (Å²) >= 11 is 0. The van der Waals surface area contributed by atoms with Gasteiger partial charge in [-0.15, -0.1) is 0 Å². The van der Waals surface area contributed by atoms with Gasteiger partial charge in [-0.3, -0.25) is 0 Å². The van der Waals surface area contributed by atoms with E-state index in [1.807, 2.05) is 12.1 Å². The van der Waals surface area contributed by atoms with Crippen molar-refractivity contribution in [1.82, 2.24) is 5.32 Å². The van der Waals surface area contributed by atoms with E-state index in [9.17, 15) is 8.78 Å². The molecule has 98 valence electrons. The number of nitrogens with one attached hydrogen (secondary N) is 1. The minimum absolute atomic E-state index is 0.187. The molecule has 0 saturated heterocycles. The summed E-state index contributed by atoms with van der Waals surface area (Å²) in [6, 6.07) is 11.9. The Morgan fingerprint density at radius 3 is 2.79 bits per heavy atom. The molecule has 0 amide bonds. The van der Waals surface area contributed by atoms with E-state index < -0.39 is 0 Å². The molecule has 1 aliphatic carbocycles. The van der Waals surface area contributed by atoms with Crippen molar-refractivity contribution in [3.05, 3.63) is 70.8 Å². The second-order valence-corrected chi connectivity index (χ2v) is 4.91. The van der Waals surface area contributed by atoms with Crippen molar-refractivity contribution in [2.45, 2.75) is 25.4 Å². The lowest BCUT2D eigenvalue weighted by Gasteiger charge is -2.14. The molecule has 2 aromatic carbocycles. The highest BCUT2D eigenvalue weighted by molar-refractivity contribution is 5.35. The molecule has 0 saturated carbocycles. The third-order valence-corrected chi connectivity index (χ3v) is 3.68. The molecule has 1 nitrogen and oxygen atoms in total. The molecule has 1 aliphatic rings. The number of aryl methyl sites for hydroxylation is 1. The molecule has 3 rings (SSSR count). The zero-order valence-corrected chi connectivity index (χ0v) is 10.5. The fraction of sp³-hybridized carbons (Fsp3) is 0.250. The highest BCUT2D eigenvalue weighted by Gasteiger charge is 2.22. The summed E-state index contributed by atoms with van der Waals surface area (Å²) in [6.07, 6.45) is 1.81. The molecule has 0 aromatic heterocycles. The molecule has 3 heteroatoms. The summed E-state index contributed by atoms with van der Waals surface area (Å²) in [5, 5.41) is 3.35. The molecule has 0 bridgehead atoms. The Balaban J connectivity index is 1.72. The maximum atomic E-state index is 13.5. The fourth-order valence-corrected chi connectivity index (χ4v) is 2.67. The molecule has 19 heavy (non-hydrogen) atoms. The van der Waals surface area contributed by atoms with Crippen molar-refractivity contribution in [2.24, 2.45) is 0 Å². The summed E-state index contributed by atoms with van der Waals surface area (Å²) in [7, 11) is 0. The van der Waals surface area contributed by atoms with E-state index in [-0.39, 0.29) is 17.7 Å². The quantitative estimate of drug-likeness (QED) is 0.885. The first kappa shape index (κ1) is 12.3. The van der Waals surface area contributed by atoms with Gasteiger partial charge < -0.3 is 5.32 Å². The Kier molecular flexibility index (Phi) is 3.30. The van der Waals surface area contributed by atoms with E-state index in [0.29, 0.717) is 12.1 Å². The van der Waals surface area contributed by atoms with Crippen molar-refractivity contribution in [3.8, 4) is 0 Å². The van der Waals surface area contributed by atoms with Crippen LogP contribution in [0.5, 0.6) is 0 Å². The summed E-state index contributed by atoms with van der Waals surface area (Å²) in [5.41, 5.74) is 2.86. The van der Waals surface area contributed by atoms with E-state index in [0.717, 1.165) is 24.0 Å². The SMILES string of the molecule is Fc1ccc2c(c1)CCC2NCc1ccccc1F. The number of hydrogen-bond acceptors (Lipinski definition) is 1. The van der Waals surface area contributed by atoms with Gasteiger partial charge in [-0.2, -0.15) is 0 Å². The van der Waals surface area contributed by atoms with Crippen LogP contribution in [0.1, 0.15) is 29.2 Å². The van der Waals surface area contributed by atoms with Crippen LogP contribution in [0.25, 0.3) is 0 Å². The minimum Gasteiger partial charge on any atom is -0.306 e. The predicted octanol–water partition coefficient (Wildman–Crippen LogP) is 3.74. The van der Waals surface area contributed by atoms with Gasteiger partial charge in [-0.05, 0) is 42.2 Å². The largest absolute Gasteiger partial charge is 0.306 e. The highest BCUT2D eigenvalue weighted by atomic mass is 19.1. The maximum absolute atomic E-state index is 13.5. The Hall–Kier alpha value is -1.74. The zero-order chi connectivity index (χ0) is 13.2. The first-order chi connectivity index (χ1) is 9.24. The van der Waals surface area contributed by atoms with Gasteiger partial charge in [0, 0.05) is 18.2 Å². The molecule has 1 atom stereocenters. The average molecular weight is 259 g/mol. The van der Waals surface area contributed by atoms with Gasteiger partial charge in [-0.1, -0.05) is 24.3 Å². The zero-order valence-electron chi connectivity index (χ0n) is 10.5. The Labute approximate surface area is 111 Å². The van der Waals surface area contributed by atoms with E-state index in [4.69, 9.17) is 0 Å². The second kappa shape index (κ2) is 5.10. The van der Waals surface area contributed by atoms with E-state index in [1.165, 1.54) is 12.1 Å². The van der Waals surface area contributed by atoms with E-state index in [2.05, 4.69) is 5.32 Å².